The number of nitriles is 1. The average molecular weight is 143 g/mol. The van der Waals surface area contributed by atoms with Gasteiger partial charge >= 0.3 is 0 Å². The van der Waals surface area contributed by atoms with Gasteiger partial charge in [0.05, 0.1) is 12.7 Å². The van der Waals surface area contributed by atoms with E-state index >= 15 is 0 Å². The van der Waals surface area contributed by atoms with E-state index in [-0.39, 0.29) is 0 Å². The fourth-order valence-corrected chi connectivity index (χ4v) is 0.700. The molecule has 0 bridgehead atoms. The molecule has 1 atom stereocenters. The highest BCUT2D eigenvalue weighted by Crippen LogP contribution is 2.07. The second kappa shape index (κ2) is 4.26. The van der Waals surface area contributed by atoms with Crippen LogP contribution >= 0.6 is 0 Å². The summed E-state index contributed by atoms with van der Waals surface area (Å²) in [7, 11) is 1.55. The highest BCUT2D eigenvalue weighted by molar-refractivity contribution is 4.98. The molecule has 3 heteroatoms. The molecule has 0 aromatic heterocycles. The SMILES string of the molecule is CCOC(C)(C#N)COC. The fraction of sp³-hybridized carbons (Fsp3) is 0.857. The minimum atomic E-state index is -0.774. The van der Waals surface area contributed by atoms with Crippen LogP contribution in [0.5, 0.6) is 0 Å². The van der Waals surface area contributed by atoms with Gasteiger partial charge in [0, 0.05) is 13.7 Å². The first-order valence-electron chi connectivity index (χ1n) is 3.22. The molecule has 10 heavy (non-hydrogen) atoms. The van der Waals surface area contributed by atoms with Crippen LogP contribution in [-0.2, 0) is 9.47 Å². The van der Waals surface area contributed by atoms with Crippen molar-refractivity contribution in [1.29, 1.82) is 5.26 Å². The lowest BCUT2D eigenvalue weighted by molar-refractivity contribution is -0.0336. The summed E-state index contributed by atoms with van der Waals surface area (Å²) in [5, 5.41) is 8.59. The van der Waals surface area contributed by atoms with Crippen LogP contribution in [0.15, 0.2) is 0 Å². The minimum Gasteiger partial charge on any atom is -0.381 e. The summed E-state index contributed by atoms with van der Waals surface area (Å²) in [6.07, 6.45) is 0. The summed E-state index contributed by atoms with van der Waals surface area (Å²) >= 11 is 0. The van der Waals surface area contributed by atoms with Crippen LogP contribution in [0, 0.1) is 11.3 Å². The van der Waals surface area contributed by atoms with Crippen molar-refractivity contribution < 1.29 is 9.47 Å². The summed E-state index contributed by atoms with van der Waals surface area (Å²) in [4.78, 5) is 0. The second-order valence-corrected chi connectivity index (χ2v) is 2.21. The third-order valence-corrected chi connectivity index (χ3v) is 1.12. The van der Waals surface area contributed by atoms with Crippen LogP contribution in [0.3, 0.4) is 0 Å². The Balaban J connectivity index is 3.85. The zero-order valence-electron chi connectivity index (χ0n) is 6.68. The maximum atomic E-state index is 8.59. The lowest BCUT2D eigenvalue weighted by Gasteiger charge is -2.19. The number of nitrogens with zero attached hydrogens (tertiary/aromatic N) is 1. The molecule has 0 aromatic rings. The molecule has 0 aliphatic rings. The van der Waals surface area contributed by atoms with Crippen molar-refractivity contribution in [3.8, 4) is 6.07 Å². The van der Waals surface area contributed by atoms with E-state index < -0.39 is 5.60 Å². The Bertz CT molecular complexity index is 122. The van der Waals surface area contributed by atoms with E-state index in [4.69, 9.17) is 14.7 Å². The molecule has 0 aliphatic carbocycles. The standard InChI is InChI=1S/C7H13NO2/c1-4-10-7(2,5-8)6-9-3/h4,6H2,1-3H3. The summed E-state index contributed by atoms with van der Waals surface area (Å²) in [5.41, 5.74) is -0.774. The molecule has 0 aromatic carbocycles. The van der Waals surface area contributed by atoms with Crippen molar-refractivity contribution in [3.05, 3.63) is 0 Å². The van der Waals surface area contributed by atoms with Crippen molar-refractivity contribution in [2.24, 2.45) is 0 Å². The van der Waals surface area contributed by atoms with E-state index in [1.54, 1.807) is 14.0 Å². The van der Waals surface area contributed by atoms with Crippen LogP contribution in [-0.4, -0.2) is 25.9 Å². The predicted octanol–water partition coefficient (Wildman–Crippen LogP) is 0.952. The Morgan fingerprint density at radius 2 is 2.20 bits per heavy atom. The van der Waals surface area contributed by atoms with Gasteiger partial charge in [-0.3, -0.25) is 0 Å². The molecule has 0 rings (SSSR count). The zero-order chi connectivity index (χ0) is 8.04. The maximum Gasteiger partial charge on any atom is 0.174 e. The molecule has 1 unspecified atom stereocenters. The number of hydrogen-bond acceptors (Lipinski definition) is 3. The highest BCUT2D eigenvalue weighted by Gasteiger charge is 2.23. The normalized spacial score (nSPS) is 15.8. The van der Waals surface area contributed by atoms with Crippen molar-refractivity contribution in [1.82, 2.24) is 0 Å². The Morgan fingerprint density at radius 3 is 2.50 bits per heavy atom. The number of hydrogen-bond donors (Lipinski definition) is 0. The highest BCUT2D eigenvalue weighted by atomic mass is 16.5. The number of ether oxygens (including phenoxy) is 2. The van der Waals surface area contributed by atoms with Gasteiger partial charge in [0.25, 0.3) is 0 Å². The zero-order valence-corrected chi connectivity index (χ0v) is 6.68. The first-order valence-corrected chi connectivity index (χ1v) is 3.22. The van der Waals surface area contributed by atoms with Crippen LogP contribution < -0.4 is 0 Å². The third kappa shape index (κ3) is 2.81. The van der Waals surface area contributed by atoms with E-state index in [0.29, 0.717) is 13.2 Å². The largest absolute Gasteiger partial charge is 0.381 e. The van der Waals surface area contributed by atoms with Gasteiger partial charge in [-0.25, -0.2) is 0 Å². The van der Waals surface area contributed by atoms with Gasteiger partial charge in [-0.15, -0.1) is 0 Å². The van der Waals surface area contributed by atoms with Crippen LogP contribution in [0.2, 0.25) is 0 Å². The van der Waals surface area contributed by atoms with Crippen LogP contribution in [0.25, 0.3) is 0 Å². The van der Waals surface area contributed by atoms with Crippen molar-refractivity contribution in [3.63, 3.8) is 0 Å². The Labute approximate surface area is 61.5 Å². The molecule has 0 saturated heterocycles. The van der Waals surface area contributed by atoms with Crippen molar-refractivity contribution in [2.45, 2.75) is 19.4 Å². The van der Waals surface area contributed by atoms with E-state index in [2.05, 4.69) is 0 Å². The first kappa shape index (κ1) is 9.41. The molecule has 0 spiro atoms. The maximum absolute atomic E-state index is 8.59. The third-order valence-electron chi connectivity index (χ3n) is 1.12. The molecule has 0 N–H and O–H groups in total. The van der Waals surface area contributed by atoms with E-state index in [0.717, 1.165) is 0 Å². The van der Waals surface area contributed by atoms with Gasteiger partial charge in [-0.05, 0) is 13.8 Å². The number of methoxy groups -OCH3 is 1. The van der Waals surface area contributed by atoms with Gasteiger partial charge in [0.1, 0.15) is 0 Å². The predicted molar refractivity (Wildman–Crippen MR) is 37.5 cm³/mol. The summed E-state index contributed by atoms with van der Waals surface area (Å²) in [5.74, 6) is 0. The molecule has 0 fully saturated rings. The Hall–Kier alpha value is -0.590. The Kier molecular flexibility index (Phi) is 4.01. The van der Waals surface area contributed by atoms with Crippen molar-refractivity contribution in [2.75, 3.05) is 20.3 Å². The molecule has 3 nitrogen and oxygen atoms in total. The monoisotopic (exact) mass is 143 g/mol. The van der Waals surface area contributed by atoms with E-state index in [9.17, 15) is 0 Å². The lowest BCUT2D eigenvalue weighted by atomic mass is 10.1. The minimum absolute atomic E-state index is 0.317. The van der Waals surface area contributed by atoms with Gasteiger partial charge in [-0.2, -0.15) is 5.26 Å². The molecule has 0 amide bonds. The fourth-order valence-electron chi connectivity index (χ4n) is 0.700. The molecule has 0 saturated carbocycles. The summed E-state index contributed by atoms with van der Waals surface area (Å²) in [6.45, 7) is 4.41. The Morgan fingerprint density at radius 1 is 1.60 bits per heavy atom. The average Bonchev–Trinajstić information content (AvgIpc) is 1.89. The van der Waals surface area contributed by atoms with Gasteiger partial charge in [-0.1, -0.05) is 0 Å². The van der Waals surface area contributed by atoms with Gasteiger partial charge < -0.3 is 9.47 Å². The quantitative estimate of drug-likeness (QED) is 0.588. The topological polar surface area (TPSA) is 42.2 Å². The van der Waals surface area contributed by atoms with Crippen LogP contribution in [0.1, 0.15) is 13.8 Å². The molecule has 0 radical (unpaired) electrons. The smallest absolute Gasteiger partial charge is 0.174 e. The molecule has 58 valence electrons. The lowest BCUT2D eigenvalue weighted by Crippen LogP contribution is -2.32. The second-order valence-electron chi connectivity index (χ2n) is 2.21. The van der Waals surface area contributed by atoms with E-state index in [1.165, 1.54) is 0 Å². The molecule has 0 heterocycles. The first-order chi connectivity index (χ1) is 4.68. The molecular formula is C7H13NO2. The number of rotatable bonds is 4. The van der Waals surface area contributed by atoms with E-state index in [1.807, 2.05) is 13.0 Å². The van der Waals surface area contributed by atoms with Gasteiger partial charge in [0.2, 0.25) is 0 Å². The van der Waals surface area contributed by atoms with Crippen molar-refractivity contribution >= 4 is 0 Å². The molecule has 0 aliphatic heterocycles. The summed E-state index contributed by atoms with van der Waals surface area (Å²) in [6, 6.07) is 2.03. The summed E-state index contributed by atoms with van der Waals surface area (Å²) < 4.78 is 9.94. The van der Waals surface area contributed by atoms with Crippen LogP contribution in [0.4, 0.5) is 0 Å². The molecular weight excluding hydrogens is 130 g/mol. The van der Waals surface area contributed by atoms with Gasteiger partial charge in [0.15, 0.2) is 5.60 Å².